The van der Waals surface area contributed by atoms with Crippen LogP contribution in [0.15, 0.2) is 96.6 Å². The second kappa shape index (κ2) is 7.75. The lowest BCUT2D eigenvalue weighted by Gasteiger charge is -2.25. The van der Waals surface area contributed by atoms with Gasteiger partial charge in [-0.15, -0.1) is 0 Å². The first-order chi connectivity index (χ1) is 15.6. The molecule has 0 aromatic heterocycles. The summed E-state index contributed by atoms with van der Waals surface area (Å²) in [6.45, 7) is 0. The van der Waals surface area contributed by atoms with Crippen LogP contribution in [0.3, 0.4) is 0 Å². The van der Waals surface area contributed by atoms with Crippen molar-refractivity contribution < 1.29 is 19.1 Å². The highest BCUT2D eigenvalue weighted by Gasteiger charge is 2.35. The molecular formula is C28H18O4. The van der Waals surface area contributed by atoms with Crippen molar-refractivity contribution in [2.45, 2.75) is 0 Å². The molecule has 4 aromatic carbocycles. The summed E-state index contributed by atoms with van der Waals surface area (Å²) in [7, 11) is 1.25. The van der Waals surface area contributed by atoms with E-state index >= 15 is 0 Å². The highest BCUT2D eigenvalue weighted by atomic mass is 16.5. The molecule has 4 heteroatoms. The molecule has 0 spiro atoms. The zero-order chi connectivity index (χ0) is 22.2. The van der Waals surface area contributed by atoms with E-state index in [2.05, 4.69) is 0 Å². The van der Waals surface area contributed by atoms with E-state index in [1.54, 1.807) is 54.6 Å². The molecule has 5 rings (SSSR count). The summed E-state index contributed by atoms with van der Waals surface area (Å²) in [4.78, 5) is 40.1. The Morgan fingerprint density at radius 3 is 2.09 bits per heavy atom. The highest BCUT2D eigenvalue weighted by molar-refractivity contribution is 6.33. The number of fused-ring (bicyclic) bond motifs is 4. The first-order valence-corrected chi connectivity index (χ1v) is 10.2. The summed E-state index contributed by atoms with van der Waals surface area (Å²) < 4.78 is 5.05. The molecule has 0 saturated heterocycles. The summed E-state index contributed by atoms with van der Waals surface area (Å²) in [6.07, 6.45) is 0. The van der Waals surface area contributed by atoms with Crippen LogP contribution in [0.1, 0.15) is 37.4 Å². The number of carbonyl (C=O) groups is 3. The summed E-state index contributed by atoms with van der Waals surface area (Å²) in [5, 5.41) is 1.69. The lowest BCUT2D eigenvalue weighted by Crippen LogP contribution is -2.22. The van der Waals surface area contributed by atoms with Gasteiger partial charge in [0.15, 0.2) is 5.78 Å². The molecule has 0 amide bonds. The number of hydrogen-bond acceptors (Lipinski definition) is 4. The molecule has 0 atom stereocenters. The van der Waals surface area contributed by atoms with Crippen molar-refractivity contribution in [2.75, 3.05) is 7.11 Å². The number of esters is 1. The lowest BCUT2D eigenvalue weighted by molar-refractivity contribution is -0.135. The summed E-state index contributed by atoms with van der Waals surface area (Å²) in [5.74, 6) is -1.32. The van der Waals surface area contributed by atoms with E-state index in [1.807, 2.05) is 36.4 Å². The smallest absolute Gasteiger partial charge is 0.342 e. The molecule has 0 saturated carbocycles. The molecule has 0 heterocycles. The molecule has 0 aliphatic heterocycles. The predicted octanol–water partition coefficient (Wildman–Crippen LogP) is 5.24. The van der Waals surface area contributed by atoms with Gasteiger partial charge in [0.05, 0.1) is 7.11 Å². The van der Waals surface area contributed by atoms with Crippen molar-refractivity contribution in [3.05, 3.63) is 124 Å². The standard InChI is InChI=1S/C28H18O4/c1-32-28(31)25(26(29)18-10-3-2-4-11-18)23-20-13-7-8-14-21(20)27(30)24-19-12-6-5-9-17(19)15-16-22(23)24/h2-16H,1H3/b25-23+. The van der Waals surface area contributed by atoms with Gasteiger partial charge in [0.2, 0.25) is 5.78 Å². The van der Waals surface area contributed by atoms with Crippen molar-refractivity contribution in [2.24, 2.45) is 0 Å². The molecule has 4 aromatic rings. The van der Waals surface area contributed by atoms with Crippen LogP contribution in [-0.4, -0.2) is 24.6 Å². The van der Waals surface area contributed by atoms with Crippen molar-refractivity contribution in [1.82, 2.24) is 0 Å². The number of Topliss-reactive ketones (excluding diaryl/α,β-unsaturated/α-hetero) is 1. The molecule has 0 fully saturated rings. The van der Waals surface area contributed by atoms with Crippen LogP contribution < -0.4 is 0 Å². The SMILES string of the molecule is COC(=O)/C(C(=O)c1ccccc1)=C1\c2ccccc2C(=O)c2c1ccc1ccccc21. The first kappa shape index (κ1) is 19.6. The summed E-state index contributed by atoms with van der Waals surface area (Å²) in [6, 6.07) is 27.0. The summed E-state index contributed by atoms with van der Waals surface area (Å²) >= 11 is 0. The van der Waals surface area contributed by atoms with Crippen molar-refractivity contribution in [3.63, 3.8) is 0 Å². The number of ether oxygens (including phenoxy) is 1. The number of rotatable bonds is 3. The molecule has 1 aliphatic rings. The maximum atomic E-state index is 13.6. The van der Waals surface area contributed by atoms with Gasteiger partial charge in [0.1, 0.15) is 5.57 Å². The third-order valence-corrected chi connectivity index (χ3v) is 5.77. The largest absolute Gasteiger partial charge is 0.465 e. The number of carbonyl (C=O) groups excluding carboxylic acids is 3. The Bertz CT molecular complexity index is 1450. The minimum absolute atomic E-state index is 0.0878. The summed E-state index contributed by atoms with van der Waals surface area (Å²) in [5.41, 5.74) is 2.74. The molecule has 0 N–H and O–H groups in total. The Morgan fingerprint density at radius 2 is 1.34 bits per heavy atom. The van der Waals surface area contributed by atoms with Crippen molar-refractivity contribution in [1.29, 1.82) is 0 Å². The van der Waals surface area contributed by atoms with Gasteiger partial charge in [-0.05, 0) is 21.9 Å². The van der Waals surface area contributed by atoms with Crippen LogP contribution in [0, 0.1) is 0 Å². The molecule has 0 bridgehead atoms. The average Bonchev–Trinajstić information content (AvgIpc) is 2.85. The van der Waals surface area contributed by atoms with E-state index in [-0.39, 0.29) is 11.4 Å². The van der Waals surface area contributed by atoms with Gasteiger partial charge in [-0.2, -0.15) is 0 Å². The third kappa shape index (κ3) is 2.96. The fraction of sp³-hybridized carbons (Fsp3) is 0.0357. The van der Waals surface area contributed by atoms with Crippen molar-refractivity contribution in [3.8, 4) is 0 Å². The average molecular weight is 418 g/mol. The molecule has 0 unspecified atom stereocenters. The molecule has 4 nitrogen and oxygen atoms in total. The van der Waals surface area contributed by atoms with Gasteiger partial charge in [-0.1, -0.05) is 91.0 Å². The molecule has 0 radical (unpaired) electrons. The Kier molecular flexibility index (Phi) is 4.75. The van der Waals surface area contributed by atoms with E-state index in [9.17, 15) is 14.4 Å². The Balaban J connectivity index is 1.93. The molecule has 154 valence electrons. The molecule has 1 aliphatic carbocycles. The normalized spacial score (nSPS) is 13.8. The van der Waals surface area contributed by atoms with Gasteiger partial charge in [0.25, 0.3) is 0 Å². The maximum Gasteiger partial charge on any atom is 0.342 e. The fourth-order valence-corrected chi connectivity index (χ4v) is 4.32. The highest BCUT2D eigenvalue weighted by Crippen LogP contribution is 2.41. The van der Waals surface area contributed by atoms with E-state index in [0.717, 1.165) is 10.8 Å². The van der Waals surface area contributed by atoms with Crippen LogP contribution in [0.2, 0.25) is 0 Å². The predicted molar refractivity (Wildman–Crippen MR) is 123 cm³/mol. The van der Waals surface area contributed by atoms with Gasteiger partial charge < -0.3 is 4.74 Å². The second-order valence-electron chi connectivity index (χ2n) is 7.52. The quantitative estimate of drug-likeness (QED) is 0.132. The Morgan fingerprint density at radius 1 is 0.688 bits per heavy atom. The molecular weight excluding hydrogens is 400 g/mol. The zero-order valence-electron chi connectivity index (χ0n) is 17.3. The fourth-order valence-electron chi connectivity index (χ4n) is 4.32. The number of methoxy groups -OCH3 is 1. The number of benzene rings is 4. The van der Waals surface area contributed by atoms with Crippen LogP contribution in [0.5, 0.6) is 0 Å². The number of ketones is 2. The number of hydrogen-bond donors (Lipinski definition) is 0. The van der Waals surface area contributed by atoms with E-state index in [1.165, 1.54) is 7.11 Å². The molecule has 32 heavy (non-hydrogen) atoms. The third-order valence-electron chi connectivity index (χ3n) is 5.77. The van der Waals surface area contributed by atoms with Crippen molar-refractivity contribution >= 4 is 33.9 Å². The Labute approximate surface area is 184 Å². The van der Waals surface area contributed by atoms with E-state index in [4.69, 9.17) is 4.74 Å². The maximum absolute atomic E-state index is 13.6. The van der Waals surface area contributed by atoms with Crippen LogP contribution in [0.4, 0.5) is 0 Å². The van der Waals surface area contributed by atoms with Crippen LogP contribution in [-0.2, 0) is 9.53 Å². The van der Waals surface area contributed by atoms with Crippen LogP contribution in [0.25, 0.3) is 16.3 Å². The van der Waals surface area contributed by atoms with E-state index < -0.39 is 11.8 Å². The lowest BCUT2D eigenvalue weighted by atomic mass is 9.76. The second-order valence-corrected chi connectivity index (χ2v) is 7.52. The van der Waals surface area contributed by atoms with E-state index in [0.29, 0.717) is 33.4 Å². The van der Waals surface area contributed by atoms with Gasteiger partial charge in [-0.25, -0.2) is 4.79 Å². The Hall–Kier alpha value is -4.31. The van der Waals surface area contributed by atoms with Crippen LogP contribution >= 0.6 is 0 Å². The first-order valence-electron chi connectivity index (χ1n) is 10.2. The topological polar surface area (TPSA) is 60.4 Å². The minimum Gasteiger partial charge on any atom is -0.465 e. The van der Waals surface area contributed by atoms with Gasteiger partial charge in [-0.3, -0.25) is 9.59 Å². The monoisotopic (exact) mass is 418 g/mol. The zero-order valence-corrected chi connectivity index (χ0v) is 17.3. The minimum atomic E-state index is -0.739. The van der Waals surface area contributed by atoms with Gasteiger partial charge in [0, 0.05) is 22.3 Å². The van der Waals surface area contributed by atoms with Gasteiger partial charge >= 0.3 is 5.97 Å².